The number of amides is 1. The summed E-state index contributed by atoms with van der Waals surface area (Å²) in [7, 11) is -3.46. The number of halogens is 1. The Balaban J connectivity index is 1.89. The molecule has 8 heteroatoms. The molecular formula is C17H20FN3O3S. The zero-order chi connectivity index (χ0) is 18.3. The van der Waals surface area contributed by atoms with Crippen molar-refractivity contribution in [2.75, 3.05) is 12.8 Å². The monoisotopic (exact) mass is 365 g/mol. The molecular weight excluding hydrogens is 345 g/mol. The van der Waals surface area contributed by atoms with E-state index in [0.717, 1.165) is 11.8 Å². The van der Waals surface area contributed by atoms with Gasteiger partial charge in [0.2, 0.25) is 15.9 Å². The highest BCUT2D eigenvalue weighted by molar-refractivity contribution is 7.88. The Morgan fingerprint density at radius 2 is 1.88 bits per heavy atom. The van der Waals surface area contributed by atoms with Gasteiger partial charge in [-0.15, -0.1) is 0 Å². The summed E-state index contributed by atoms with van der Waals surface area (Å²) in [6.07, 6.45) is 4.26. The van der Waals surface area contributed by atoms with Crippen LogP contribution in [0, 0.1) is 5.82 Å². The molecule has 25 heavy (non-hydrogen) atoms. The van der Waals surface area contributed by atoms with Crippen molar-refractivity contribution in [3.05, 3.63) is 65.7 Å². The number of nitrogens with zero attached hydrogens (tertiary/aromatic N) is 2. The van der Waals surface area contributed by atoms with Gasteiger partial charge in [0, 0.05) is 44.0 Å². The predicted molar refractivity (Wildman–Crippen MR) is 92.4 cm³/mol. The number of carbonyl (C=O) groups excluding carboxylic acids is 1. The van der Waals surface area contributed by atoms with Gasteiger partial charge in [-0.1, -0.05) is 18.2 Å². The van der Waals surface area contributed by atoms with Crippen LogP contribution in [0.4, 0.5) is 4.39 Å². The van der Waals surface area contributed by atoms with Crippen molar-refractivity contribution in [3.63, 3.8) is 0 Å². The molecule has 0 saturated carbocycles. The lowest BCUT2D eigenvalue weighted by Gasteiger charge is -2.19. The molecule has 0 fully saturated rings. The van der Waals surface area contributed by atoms with E-state index in [9.17, 15) is 17.6 Å². The van der Waals surface area contributed by atoms with E-state index in [1.54, 1.807) is 42.7 Å². The quantitative estimate of drug-likeness (QED) is 0.772. The van der Waals surface area contributed by atoms with Crippen LogP contribution in [0.1, 0.15) is 17.5 Å². The van der Waals surface area contributed by atoms with Crippen LogP contribution in [0.2, 0.25) is 0 Å². The molecule has 1 heterocycles. The second-order valence-electron chi connectivity index (χ2n) is 5.57. The summed E-state index contributed by atoms with van der Waals surface area (Å²) >= 11 is 0. The first kappa shape index (κ1) is 19.0. The molecule has 0 unspecified atom stereocenters. The van der Waals surface area contributed by atoms with Gasteiger partial charge >= 0.3 is 0 Å². The average Bonchev–Trinajstić information content (AvgIpc) is 2.57. The molecule has 0 aliphatic carbocycles. The van der Waals surface area contributed by atoms with Gasteiger partial charge in [0.15, 0.2) is 0 Å². The van der Waals surface area contributed by atoms with Crippen molar-refractivity contribution in [1.82, 2.24) is 14.6 Å². The van der Waals surface area contributed by atoms with E-state index in [4.69, 9.17) is 0 Å². The van der Waals surface area contributed by atoms with E-state index in [1.165, 1.54) is 10.4 Å². The molecule has 134 valence electrons. The molecule has 2 rings (SSSR count). The van der Waals surface area contributed by atoms with Gasteiger partial charge in [-0.25, -0.2) is 12.8 Å². The van der Waals surface area contributed by atoms with E-state index in [2.05, 4.69) is 10.3 Å². The number of rotatable bonds is 8. The van der Waals surface area contributed by atoms with Crippen LogP contribution in [0.25, 0.3) is 0 Å². The van der Waals surface area contributed by atoms with Crippen molar-refractivity contribution in [2.24, 2.45) is 0 Å². The molecule has 0 spiro atoms. The molecule has 0 saturated heterocycles. The number of pyridine rings is 1. The van der Waals surface area contributed by atoms with E-state index in [0.29, 0.717) is 5.56 Å². The topological polar surface area (TPSA) is 79.4 Å². The molecule has 1 aromatic carbocycles. The lowest BCUT2D eigenvalue weighted by atomic mass is 10.2. The van der Waals surface area contributed by atoms with Crippen molar-refractivity contribution in [2.45, 2.75) is 19.5 Å². The Morgan fingerprint density at radius 1 is 1.20 bits per heavy atom. The maximum Gasteiger partial charge on any atom is 0.221 e. The SMILES string of the molecule is CS(=O)(=O)N(CCC(=O)NCc1ccccc1F)Cc1ccncc1. The number of nitrogens with one attached hydrogen (secondary N) is 1. The van der Waals surface area contributed by atoms with Crippen LogP contribution in [-0.4, -0.2) is 36.4 Å². The first-order valence-electron chi connectivity index (χ1n) is 7.70. The number of carbonyl (C=O) groups is 1. The molecule has 1 N–H and O–H groups in total. The highest BCUT2D eigenvalue weighted by atomic mass is 32.2. The highest BCUT2D eigenvalue weighted by Crippen LogP contribution is 2.09. The summed E-state index contributed by atoms with van der Waals surface area (Å²) in [5, 5.41) is 2.60. The Morgan fingerprint density at radius 3 is 2.52 bits per heavy atom. The van der Waals surface area contributed by atoms with Gasteiger partial charge in [0.05, 0.1) is 6.26 Å². The van der Waals surface area contributed by atoms with Crippen molar-refractivity contribution >= 4 is 15.9 Å². The molecule has 6 nitrogen and oxygen atoms in total. The van der Waals surface area contributed by atoms with Crippen LogP contribution >= 0.6 is 0 Å². The fraction of sp³-hybridized carbons (Fsp3) is 0.294. The first-order valence-corrected chi connectivity index (χ1v) is 9.55. The second-order valence-corrected chi connectivity index (χ2v) is 7.55. The summed E-state index contributed by atoms with van der Waals surface area (Å²) in [6.45, 7) is 0.279. The number of sulfonamides is 1. The summed E-state index contributed by atoms with van der Waals surface area (Å²) in [6, 6.07) is 9.60. The fourth-order valence-electron chi connectivity index (χ4n) is 2.20. The molecule has 0 aliphatic heterocycles. The number of hydrogen-bond acceptors (Lipinski definition) is 4. The van der Waals surface area contributed by atoms with Gasteiger partial charge in [0.1, 0.15) is 5.82 Å². The molecule has 0 bridgehead atoms. The summed E-state index contributed by atoms with van der Waals surface area (Å²) in [4.78, 5) is 15.8. The minimum atomic E-state index is -3.46. The van der Waals surface area contributed by atoms with Gasteiger partial charge in [-0.3, -0.25) is 9.78 Å². The number of aromatic nitrogens is 1. The Hall–Kier alpha value is -2.32. The van der Waals surface area contributed by atoms with Crippen LogP contribution in [0.15, 0.2) is 48.8 Å². The first-order chi connectivity index (χ1) is 11.9. The molecule has 0 radical (unpaired) electrons. The Labute approximate surface area is 146 Å². The third-order valence-corrected chi connectivity index (χ3v) is 4.85. The second kappa shape index (κ2) is 8.68. The average molecular weight is 365 g/mol. The lowest BCUT2D eigenvalue weighted by molar-refractivity contribution is -0.121. The normalized spacial score (nSPS) is 11.5. The lowest BCUT2D eigenvalue weighted by Crippen LogP contribution is -2.34. The van der Waals surface area contributed by atoms with Gasteiger partial charge in [0.25, 0.3) is 0 Å². The maximum atomic E-state index is 13.5. The fourth-order valence-corrected chi connectivity index (χ4v) is 3.01. The van der Waals surface area contributed by atoms with Crippen LogP contribution < -0.4 is 5.32 Å². The molecule has 2 aromatic rings. The maximum absolute atomic E-state index is 13.5. The third-order valence-electron chi connectivity index (χ3n) is 3.60. The zero-order valence-corrected chi connectivity index (χ0v) is 14.7. The largest absolute Gasteiger partial charge is 0.352 e. The van der Waals surface area contributed by atoms with Crippen molar-refractivity contribution in [1.29, 1.82) is 0 Å². The van der Waals surface area contributed by atoms with E-state index >= 15 is 0 Å². The van der Waals surface area contributed by atoms with Gasteiger partial charge in [-0.2, -0.15) is 4.31 Å². The standard InChI is InChI=1S/C17H20FN3O3S/c1-25(23,24)21(13-14-6-9-19-10-7-14)11-8-17(22)20-12-15-4-2-3-5-16(15)18/h2-7,9-10H,8,11-13H2,1H3,(H,20,22). The minimum Gasteiger partial charge on any atom is -0.352 e. The van der Waals surface area contributed by atoms with Crippen LogP contribution in [0.3, 0.4) is 0 Å². The number of benzene rings is 1. The third kappa shape index (κ3) is 6.24. The predicted octanol–water partition coefficient (Wildman–Crippen LogP) is 1.69. The smallest absolute Gasteiger partial charge is 0.221 e. The molecule has 1 aromatic heterocycles. The van der Waals surface area contributed by atoms with Crippen LogP contribution in [-0.2, 0) is 27.9 Å². The Bertz CT molecular complexity index is 813. The molecule has 0 aliphatic rings. The Kier molecular flexibility index (Phi) is 6.60. The minimum absolute atomic E-state index is 0.00734. The van der Waals surface area contributed by atoms with Gasteiger partial charge in [-0.05, 0) is 23.8 Å². The van der Waals surface area contributed by atoms with Gasteiger partial charge < -0.3 is 5.32 Å². The van der Waals surface area contributed by atoms with Crippen molar-refractivity contribution in [3.8, 4) is 0 Å². The van der Waals surface area contributed by atoms with Crippen molar-refractivity contribution < 1.29 is 17.6 Å². The summed E-state index contributed by atoms with van der Waals surface area (Å²) < 4.78 is 38.5. The summed E-state index contributed by atoms with van der Waals surface area (Å²) in [5.41, 5.74) is 1.17. The van der Waals surface area contributed by atoms with E-state index in [-0.39, 0.29) is 32.0 Å². The van der Waals surface area contributed by atoms with E-state index < -0.39 is 15.8 Å². The van der Waals surface area contributed by atoms with Crippen LogP contribution in [0.5, 0.6) is 0 Å². The summed E-state index contributed by atoms with van der Waals surface area (Å²) in [5.74, 6) is -0.732. The highest BCUT2D eigenvalue weighted by Gasteiger charge is 2.18. The van der Waals surface area contributed by atoms with E-state index in [1.807, 2.05) is 0 Å². The molecule has 0 atom stereocenters. The molecule has 1 amide bonds. The zero-order valence-electron chi connectivity index (χ0n) is 13.9. The number of hydrogen-bond donors (Lipinski definition) is 1.